The number of amides is 3. The van der Waals surface area contributed by atoms with Crippen molar-refractivity contribution < 1.29 is 23.7 Å². The maximum Gasteiger partial charge on any atom is 0.321 e. The van der Waals surface area contributed by atoms with E-state index < -0.39 is 39.7 Å². The molecule has 0 aliphatic carbocycles. The normalized spacial score (nSPS) is 13.7. The van der Waals surface area contributed by atoms with Crippen molar-refractivity contribution >= 4 is 28.7 Å². The molecule has 0 aromatic carbocycles. The number of hydrogen-bond acceptors (Lipinski definition) is 4. The maximum absolute atomic E-state index is 11.2. The van der Waals surface area contributed by atoms with Gasteiger partial charge in [0.25, 0.3) is 0 Å². The number of carbonyl (C=O) groups is 3. The average Bonchev–Trinajstić information content (AvgIpc) is 2.15. The largest absolute Gasteiger partial charge is 0.481 e. The fraction of sp³-hybridized carbons (Fsp3) is 0.571. The molecule has 7 nitrogen and oxygen atoms in total. The Labute approximate surface area is 88.7 Å². The summed E-state index contributed by atoms with van der Waals surface area (Å²) in [5.41, 5.74) is 0. The first kappa shape index (κ1) is 13.6. The molecule has 2 atom stereocenters. The number of nitrogens with one attached hydrogen (secondary N) is 2. The molecule has 3 N–H and O–H groups in total. The third-order valence-corrected chi connectivity index (χ3v) is 3.03. The van der Waals surface area contributed by atoms with Crippen molar-refractivity contribution in [1.29, 1.82) is 0 Å². The van der Waals surface area contributed by atoms with E-state index in [2.05, 4.69) is 5.32 Å². The number of hydrogen-bond donors (Lipinski definition) is 3. The van der Waals surface area contributed by atoms with Gasteiger partial charge >= 0.3 is 12.0 Å². The van der Waals surface area contributed by atoms with Crippen LogP contribution in [0.15, 0.2) is 0 Å². The van der Waals surface area contributed by atoms with Crippen molar-refractivity contribution in [1.82, 2.24) is 10.6 Å². The van der Waals surface area contributed by atoms with Crippen LogP contribution in [0.1, 0.15) is 6.92 Å². The highest BCUT2D eigenvalue weighted by molar-refractivity contribution is 7.87. The minimum Gasteiger partial charge on any atom is -0.481 e. The van der Waals surface area contributed by atoms with E-state index in [1.165, 1.54) is 14.0 Å². The van der Waals surface area contributed by atoms with E-state index in [9.17, 15) is 18.6 Å². The summed E-state index contributed by atoms with van der Waals surface area (Å²) in [6.07, 6.45) is 0. The van der Waals surface area contributed by atoms with Gasteiger partial charge in [0, 0.05) is 17.8 Å². The van der Waals surface area contributed by atoms with Gasteiger partial charge in [-0.25, -0.2) is 4.79 Å². The number of carboxylic acids is 1. The molecule has 0 saturated carbocycles. The van der Waals surface area contributed by atoms with Crippen LogP contribution in [0, 0.1) is 0 Å². The van der Waals surface area contributed by atoms with Gasteiger partial charge in [-0.1, -0.05) is 0 Å². The number of rotatable bonds is 4. The molecule has 86 valence electrons. The number of imide groups is 1. The lowest BCUT2D eigenvalue weighted by atomic mass is 10.4. The molecule has 0 aliphatic heterocycles. The summed E-state index contributed by atoms with van der Waals surface area (Å²) in [6.45, 7) is 1.29. The predicted molar refractivity (Wildman–Crippen MR) is 52.7 cm³/mol. The van der Waals surface area contributed by atoms with Crippen LogP contribution in [0.2, 0.25) is 0 Å². The lowest BCUT2D eigenvalue weighted by molar-refractivity contribution is -0.134. The summed E-state index contributed by atoms with van der Waals surface area (Å²) in [4.78, 5) is 32.1. The monoisotopic (exact) mass is 236 g/mol. The molecule has 15 heavy (non-hydrogen) atoms. The topological polar surface area (TPSA) is 113 Å². The molecule has 0 radical (unpaired) electrons. The van der Waals surface area contributed by atoms with Crippen LogP contribution >= 0.6 is 0 Å². The van der Waals surface area contributed by atoms with Crippen LogP contribution < -0.4 is 10.6 Å². The quantitative estimate of drug-likeness (QED) is 0.559. The van der Waals surface area contributed by atoms with Gasteiger partial charge in [0.2, 0.25) is 5.91 Å². The number of carboxylic acid groups (broad SMARTS) is 1. The smallest absolute Gasteiger partial charge is 0.321 e. The van der Waals surface area contributed by atoms with E-state index in [1.807, 2.05) is 5.32 Å². The molecular formula is C7H12N2O5S. The molecule has 0 spiro atoms. The Kier molecular flexibility index (Phi) is 5.53. The molecule has 0 saturated heterocycles. The van der Waals surface area contributed by atoms with Crippen molar-refractivity contribution in [3.05, 3.63) is 0 Å². The van der Waals surface area contributed by atoms with Crippen LogP contribution in [0.5, 0.6) is 0 Å². The Hall–Kier alpha value is -1.44. The van der Waals surface area contributed by atoms with Gasteiger partial charge in [-0.3, -0.25) is 19.1 Å². The van der Waals surface area contributed by atoms with Crippen LogP contribution in [0.25, 0.3) is 0 Å². The van der Waals surface area contributed by atoms with E-state index in [0.29, 0.717) is 0 Å². The summed E-state index contributed by atoms with van der Waals surface area (Å²) in [5.74, 6) is -2.65. The number of carbonyl (C=O) groups excluding carboxylic acids is 2. The van der Waals surface area contributed by atoms with E-state index >= 15 is 0 Å². The zero-order chi connectivity index (χ0) is 12.0. The maximum atomic E-state index is 11.2. The lowest BCUT2D eigenvalue weighted by Crippen LogP contribution is -2.44. The first-order valence-corrected chi connectivity index (χ1v) is 5.38. The molecule has 8 heteroatoms. The second-order valence-corrected chi connectivity index (χ2v) is 4.39. The fourth-order valence-electron chi connectivity index (χ4n) is 0.642. The van der Waals surface area contributed by atoms with Gasteiger partial charge in [0.15, 0.2) is 0 Å². The molecule has 3 amide bonds. The highest BCUT2D eigenvalue weighted by Crippen LogP contribution is 1.96. The summed E-state index contributed by atoms with van der Waals surface area (Å²) >= 11 is 0. The third-order valence-electron chi connectivity index (χ3n) is 1.49. The second-order valence-electron chi connectivity index (χ2n) is 2.63. The van der Waals surface area contributed by atoms with Gasteiger partial charge in [0.05, 0.1) is 0 Å². The molecule has 0 aromatic heterocycles. The molecule has 0 aliphatic rings. The highest BCUT2D eigenvalue weighted by Gasteiger charge is 2.23. The molecule has 0 fully saturated rings. The van der Waals surface area contributed by atoms with E-state index in [-0.39, 0.29) is 0 Å². The Morgan fingerprint density at radius 2 is 1.93 bits per heavy atom. The first-order valence-electron chi connectivity index (χ1n) is 4.00. The van der Waals surface area contributed by atoms with Crippen LogP contribution in [0.4, 0.5) is 4.79 Å². The van der Waals surface area contributed by atoms with Crippen LogP contribution in [0.3, 0.4) is 0 Å². The SMILES string of the molecule is CNC(=O)NC(=O)C(C)S(=O)CC(=O)O. The van der Waals surface area contributed by atoms with Crippen LogP contribution in [-0.4, -0.2) is 45.3 Å². The van der Waals surface area contributed by atoms with E-state index in [4.69, 9.17) is 5.11 Å². The molecule has 0 heterocycles. The lowest BCUT2D eigenvalue weighted by Gasteiger charge is -2.09. The molecular weight excluding hydrogens is 224 g/mol. The molecule has 0 rings (SSSR count). The van der Waals surface area contributed by atoms with E-state index in [1.54, 1.807) is 0 Å². The minimum absolute atomic E-state index is 0.623. The third kappa shape index (κ3) is 5.11. The summed E-state index contributed by atoms with van der Waals surface area (Å²) < 4.78 is 11.2. The molecule has 2 unspecified atom stereocenters. The van der Waals surface area contributed by atoms with Gasteiger partial charge in [-0.2, -0.15) is 0 Å². The second kappa shape index (κ2) is 6.12. The van der Waals surface area contributed by atoms with E-state index in [0.717, 1.165) is 0 Å². The molecule has 0 bridgehead atoms. The zero-order valence-corrected chi connectivity index (χ0v) is 9.09. The van der Waals surface area contributed by atoms with Gasteiger partial charge in [-0.05, 0) is 6.92 Å². The fourth-order valence-corrected chi connectivity index (χ4v) is 1.43. The zero-order valence-electron chi connectivity index (χ0n) is 8.27. The predicted octanol–water partition coefficient (Wildman–Crippen LogP) is -1.34. The minimum atomic E-state index is -1.83. The standard InChI is InChI=1S/C7H12N2O5S/c1-4(15(14)3-5(10)11)6(12)9-7(13)8-2/h4H,3H2,1-2H3,(H,10,11)(H2,8,9,12,13). The Morgan fingerprint density at radius 3 is 2.33 bits per heavy atom. The van der Waals surface area contributed by atoms with Crippen molar-refractivity contribution in [2.24, 2.45) is 0 Å². The van der Waals surface area contributed by atoms with Crippen molar-refractivity contribution in [2.45, 2.75) is 12.2 Å². The van der Waals surface area contributed by atoms with Gasteiger partial charge < -0.3 is 10.4 Å². The Bertz CT molecular complexity index is 304. The molecule has 0 aromatic rings. The van der Waals surface area contributed by atoms with Gasteiger partial charge in [-0.15, -0.1) is 0 Å². The highest BCUT2D eigenvalue weighted by atomic mass is 32.2. The average molecular weight is 236 g/mol. The Morgan fingerprint density at radius 1 is 1.40 bits per heavy atom. The Balaban J connectivity index is 4.25. The van der Waals surface area contributed by atoms with Crippen molar-refractivity contribution in [3.8, 4) is 0 Å². The van der Waals surface area contributed by atoms with Crippen molar-refractivity contribution in [3.63, 3.8) is 0 Å². The van der Waals surface area contributed by atoms with Gasteiger partial charge in [0.1, 0.15) is 11.0 Å². The number of aliphatic carboxylic acids is 1. The summed E-state index contributed by atoms with van der Waals surface area (Å²) in [6, 6.07) is -0.723. The summed E-state index contributed by atoms with van der Waals surface area (Å²) in [7, 11) is -0.514. The van der Waals surface area contributed by atoms with Crippen LogP contribution in [-0.2, 0) is 20.4 Å². The first-order chi connectivity index (χ1) is 6.88. The van der Waals surface area contributed by atoms with Crippen molar-refractivity contribution in [2.75, 3.05) is 12.8 Å². The summed E-state index contributed by atoms with van der Waals surface area (Å²) in [5, 5.41) is 11.3. The number of urea groups is 1.